The van der Waals surface area contributed by atoms with Gasteiger partial charge in [-0.15, -0.1) is 0 Å². The SMILES string of the molecule is CCCCC(N)C(=O)N1CCCC(C)C1C(=O)O. The van der Waals surface area contributed by atoms with E-state index in [0.29, 0.717) is 13.0 Å². The molecule has 18 heavy (non-hydrogen) atoms. The number of nitrogens with two attached hydrogens (primary N) is 1. The van der Waals surface area contributed by atoms with E-state index in [1.54, 1.807) is 0 Å². The first-order valence-corrected chi connectivity index (χ1v) is 6.77. The lowest BCUT2D eigenvalue weighted by Crippen LogP contribution is -2.56. The quantitative estimate of drug-likeness (QED) is 0.774. The smallest absolute Gasteiger partial charge is 0.326 e. The molecule has 1 aliphatic rings. The van der Waals surface area contributed by atoms with Gasteiger partial charge in [-0.2, -0.15) is 0 Å². The van der Waals surface area contributed by atoms with Crippen LogP contribution in [0.5, 0.6) is 0 Å². The van der Waals surface area contributed by atoms with E-state index in [1.807, 2.05) is 13.8 Å². The molecule has 1 rings (SSSR count). The van der Waals surface area contributed by atoms with E-state index < -0.39 is 18.1 Å². The Morgan fingerprint density at radius 3 is 2.72 bits per heavy atom. The number of hydrogen-bond acceptors (Lipinski definition) is 3. The molecule has 0 aliphatic carbocycles. The van der Waals surface area contributed by atoms with Crippen molar-refractivity contribution in [1.82, 2.24) is 4.90 Å². The standard InChI is InChI=1S/C13H24N2O3/c1-3-4-7-10(14)12(16)15-8-5-6-9(2)11(15)13(17)18/h9-11H,3-8,14H2,1-2H3,(H,17,18). The Hall–Kier alpha value is -1.10. The van der Waals surface area contributed by atoms with E-state index in [2.05, 4.69) is 0 Å². The summed E-state index contributed by atoms with van der Waals surface area (Å²) >= 11 is 0. The second-order valence-corrected chi connectivity index (χ2v) is 5.18. The minimum absolute atomic E-state index is 0.00132. The summed E-state index contributed by atoms with van der Waals surface area (Å²) in [4.78, 5) is 25.0. The Bertz CT molecular complexity index is 307. The summed E-state index contributed by atoms with van der Waals surface area (Å²) < 4.78 is 0. The molecule has 0 radical (unpaired) electrons. The highest BCUT2D eigenvalue weighted by atomic mass is 16.4. The fourth-order valence-electron chi connectivity index (χ4n) is 2.57. The van der Waals surface area contributed by atoms with E-state index in [1.165, 1.54) is 4.90 Å². The number of unbranched alkanes of at least 4 members (excludes halogenated alkanes) is 1. The number of carboxylic acid groups (broad SMARTS) is 1. The maximum atomic E-state index is 12.2. The van der Waals surface area contributed by atoms with Crippen molar-refractivity contribution < 1.29 is 14.7 Å². The van der Waals surface area contributed by atoms with Crippen LogP contribution in [0.3, 0.4) is 0 Å². The van der Waals surface area contributed by atoms with Gasteiger partial charge < -0.3 is 15.7 Å². The predicted molar refractivity (Wildman–Crippen MR) is 69.0 cm³/mol. The lowest BCUT2D eigenvalue weighted by atomic mass is 9.90. The average Bonchev–Trinajstić information content (AvgIpc) is 2.34. The molecule has 0 bridgehead atoms. The zero-order valence-electron chi connectivity index (χ0n) is 11.3. The highest BCUT2D eigenvalue weighted by molar-refractivity contribution is 5.87. The fraction of sp³-hybridized carbons (Fsp3) is 0.846. The zero-order valence-corrected chi connectivity index (χ0v) is 11.3. The highest BCUT2D eigenvalue weighted by Crippen LogP contribution is 2.24. The third kappa shape index (κ3) is 3.45. The van der Waals surface area contributed by atoms with Gasteiger partial charge in [0.05, 0.1) is 6.04 Å². The Morgan fingerprint density at radius 2 is 2.17 bits per heavy atom. The second kappa shape index (κ2) is 6.73. The summed E-state index contributed by atoms with van der Waals surface area (Å²) in [5.74, 6) is -1.13. The van der Waals surface area contributed by atoms with Gasteiger partial charge in [-0.05, 0) is 25.2 Å². The molecule has 5 heteroatoms. The van der Waals surface area contributed by atoms with Gasteiger partial charge in [-0.25, -0.2) is 4.79 Å². The second-order valence-electron chi connectivity index (χ2n) is 5.18. The van der Waals surface area contributed by atoms with Gasteiger partial charge in [0.15, 0.2) is 0 Å². The number of carbonyl (C=O) groups is 2. The number of carboxylic acids is 1. The van der Waals surface area contributed by atoms with E-state index in [4.69, 9.17) is 5.73 Å². The molecule has 1 amide bonds. The molecule has 0 aromatic carbocycles. The minimum atomic E-state index is -0.918. The molecule has 0 aromatic rings. The zero-order chi connectivity index (χ0) is 13.7. The maximum Gasteiger partial charge on any atom is 0.326 e. The first kappa shape index (κ1) is 15.0. The monoisotopic (exact) mass is 256 g/mol. The number of likely N-dealkylation sites (tertiary alicyclic amines) is 1. The topological polar surface area (TPSA) is 83.6 Å². The molecule has 104 valence electrons. The van der Waals surface area contributed by atoms with Crippen LogP contribution in [0.15, 0.2) is 0 Å². The molecule has 0 spiro atoms. The van der Waals surface area contributed by atoms with Crippen LogP contribution in [0, 0.1) is 5.92 Å². The third-order valence-corrected chi connectivity index (χ3v) is 3.66. The van der Waals surface area contributed by atoms with Gasteiger partial charge in [0.25, 0.3) is 0 Å². The molecule has 0 aromatic heterocycles. The van der Waals surface area contributed by atoms with Crippen LogP contribution in [-0.2, 0) is 9.59 Å². The van der Waals surface area contributed by atoms with Crippen LogP contribution >= 0.6 is 0 Å². The number of piperidine rings is 1. The molecule has 3 N–H and O–H groups in total. The highest BCUT2D eigenvalue weighted by Gasteiger charge is 2.38. The van der Waals surface area contributed by atoms with Gasteiger partial charge in [0.2, 0.25) is 5.91 Å². The minimum Gasteiger partial charge on any atom is -0.480 e. The van der Waals surface area contributed by atoms with Crippen LogP contribution in [-0.4, -0.2) is 40.5 Å². The summed E-state index contributed by atoms with van der Waals surface area (Å²) in [6.07, 6.45) is 4.22. The van der Waals surface area contributed by atoms with E-state index in [-0.39, 0.29) is 11.8 Å². The number of hydrogen-bond donors (Lipinski definition) is 2. The Kier molecular flexibility index (Phi) is 5.59. The Morgan fingerprint density at radius 1 is 1.50 bits per heavy atom. The molecular weight excluding hydrogens is 232 g/mol. The lowest BCUT2D eigenvalue weighted by Gasteiger charge is -2.38. The van der Waals surface area contributed by atoms with Crippen molar-refractivity contribution in [2.75, 3.05) is 6.54 Å². The summed E-state index contributed by atoms with van der Waals surface area (Å²) in [5.41, 5.74) is 5.86. The van der Waals surface area contributed by atoms with Crippen molar-refractivity contribution in [2.24, 2.45) is 11.7 Å². The number of amides is 1. The first-order chi connectivity index (χ1) is 8.49. The largest absolute Gasteiger partial charge is 0.480 e. The van der Waals surface area contributed by atoms with Crippen molar-refractivity contribution in [2.45, 2.75) is 58.0 Å². The Balaban J connectivity index is 2.71. The molecule has 1 saturated heterocycles. The van der Waals surface area contributed by atoms with Crippen molar-refractivity contribution in [3.63, 3.8) is 0 Å². The van der Waals surface area contributed by atoms with Crippen LogP contribution in [0.4, 0.5) is 0 Å². The van der Waals surface area contributed by atoms with Gasteiger partial charge in [-0.3, -0.25) is 4.79 Å². The van der Waals surface area contributed by atoms with Gasteiger partial charge in [0.1, 0.15) is 6.04 Å². The van der Waals surface area contributed by atoms with Crippen LogP contribution in [0.1, 0.15) is 46.0 Å². The summed E-state index contributed by atoms with van der Waals surface area (Å²) in [6.45, 7) is 4.44. The van der Waals surface area contributed by atoms with Crippen molar-refractivity contribution >= 4 is 11.9 Å². The molecule has 0 saturated carbocycles. The number of aliphatic carboxylic acids is 1. The third-order valence-electron chi connectivity index (χ3n) is 3.66. The van der Waals surface area contributed by atoms with Gasteiger partial charge in [0, 0.05) is 6.54 Å². The lowest BCUT2D eigenvalue weighted by molar-refractivity contribution is -0.155. The van der Waals surface area contributed by atoms with Crippen LogP contribution in [0.2, 0.25) is 0 Å². The van der Waals surface area contributed by atoms with Gasteiger partial charge in [-0.1, -0.05) is 26.7 Å². The van der Waals surface area contributed by atoms with Crippen LogP contribution < -0.4 is 5.73 Å². The molecule has 5 nitrogen and oxygen atoms in total. The molecule has 3 atom stereocenters. The maximum absolute atomic E-state index is 12.2. The van der Waals surface area contributed by atoms with E-state index >= 15 is 0 Å². The first-order valence-electron chi connectivity index (χ1n) is 6.77. The van der Waals surface area contributed by atoms with Crippen molar-refractivity contribution in [1.29, 1.82) is 0 Å². The van der Waals surface area contributed by atoms with E-state index in [9.17, 15) is 14.7 Å². The normalized spacial score (nSPS) is 25.8. The molecule has 3 unspecified atom stereocenters. The molecule has 1 aliphatic heterocycles. The van der Waals surface area contributed by atoms with Crippen molar-refractivity contribution in [3.8, 4) is 0 Å². The van der Waals surface area contributed by atoms with Crippen LogP contribution in [0.25, 0.3) is 0 Å². The molecule has 1 heterocycles. The van der Waals surface area contributed by atoms with E-state index in [0.717, 1.165) is 25.7 Å². The average molecular weight is 256 g/mol. The van der Waals surface area contributed by atoms with Crippen molar-refractivity contribution in [3.05, 3.63) is 0 Å². The Labute approximate surface area is 108 Å². The molecule has 1 fully saturated rings. The number of carbonyl (C=O) groups excluding carboxylic acids is 1. The summed E-state index contributed by atoms with van der Waals surface area (Å²) in [7, 11) is 0. The predicted octanol–water partition coefficient (Wildman–Crippen LogP) is 1.22. The molecular formula is C13H24N2O3. The number of nitrogens with zero attached hydrogens (tertiary/aromatic N) is 1. The summed E-state index contributed by atoms with van der Waals surface area (Å²) in [6, 6.07) is -1.27. The van der Waals surface area contributed by atoms with Gasteiger partial charge >= 0.3 is 5.97 Å². The number of rotatable bonds is 5. The summed E-state index contributed by atoms with van der Waals surface area (Å²) in [5, 5.41) is 9.25. The fourth-order valence-corrected chi connectivity index (χ4v) is 2.57.